The highest BCUT2D eigenvalue weighted by atomic mass is 19.4. The van der Waals surface area contributed by atoms with Crippen LogP contribution in [0.2, 0.25) is 0 Å². The van der Waals surface area contributed by atoms with E-state index in [4.69, 9.17) is 0 Å². The zero-order chi connectivity index (χ0) is 14.1. The maximum atomic E-state index is 12.4. The van der Waals surface area contributed by atoms with Crippen molar-refractivity contribution in [2.24, 2.45) is 0 Å². The highest BCUT2D eigenvalue weighted by Gasteiger charge is 2.72. The lowest BCUT2D eigenvalue weighted by Crippen LogP contribution is -2.55. The van der Waals surface area contributed by atoms with Crippen LogP contribution in [0.15, 0.2) is 12.7 Å². The summed E-state index contributed by atoms with van der Waals surface area (Å²) in [5.41, 5.74) is 0. The summed E-state index contributed by atoms with van der Waals surface area (Å²) >= 11 is 0. The molecule has 0 aromatic carbocycles. The molecule has 1 unspecified atom stereocenters. The molecule has 0 aliphatic heterocycles. The van der Waals surface area contributed by atoms with E-state index in [1.54, 1.807) is 0 Å². The summed E-state index contributed by atoms with van der Waals surface area (Å²) in [5.74, 6) is -8.29. The van der Waals surface area contributed by atoms with Gasteiger partial charge in [-0.15, -0.1) is 0 Å². The maximum Gasteiger partial charge on any atom is 0.457 e. The molecule has 0 saturated heterocycles. The van der Waals surface area contributed by atoms with E-state index >= 15 is 0 Å². The molecule has 0 aromatic heterocycles. The lowest BCUT2D eigenvalue weighted by molar-refractivity contribution is -0.359. The van der Waals surface area contributed by atoms with Gasteiger partial charge in [0.15, 0.2) is 0 Å². The predicted molar refractivity (Wildman–Crippen MR) is 37.1 cm³/mol. The smallest absolute Gasteiger partial charge is 0.443 e. The van der Waals surface area contributed by atoms with Gasteiger partial charge < -0.3 is 4.74 Å². The predicted octanol–water partition coefficient (Wildman–Crippen LogP) is 2.84. The topological polar surface area (TPSA) is 26.3 Å². The van der Waals surface area contributed by atoms with Crippen LogP contribution in [0.1, 0.15) is 0 Å². The minimum atomic E-state index is -6.51. The van der Waals surface area contributed by atoms with Gasteiger partial charge in [0, 0.05) is 6.08 Å². The number of alkyl halides is 8. The first-order chi connectivity index (χ1) is 7.34. The van der Waals surface area contributed by atoms with Crippen molar-refractivity contribution in [3.8, 4) is 0 Å². The van der Waals surface area contributed by atoms with Gasteiger partial charge in [-0.1, -0.05) is 6.58 Å². The Bertz CT molecular complexity index is 302. The summed E-state index contributed by atoms with van der Waals surface area (Å²) in [7, 11) is 0. The van der Waals surface area contributed by atoms with E-state index < -0.39 is 30.3 Å². The molecule has 1 atom stereocenters. The van der Waals surface area contributed by atoms with Gasteiger partial charge in [0.1, 0.15) is 0 Å². The summed E-state index contributed by atoms with van der Waals surface area (Å²) in [6, 6.07) is 0. The number of halogens is 8. The maximum absolute atomic E-state index is 12.4. The van der Waals surface area contributed by atoms with Crippen molar-refractivity contribution in [3.05, 3.63) is 12.7 Å². The second kappa shape index (κ2) is 4.49. The normalized spacial score (nSPS) is 15.3. The van der Waals surface area contributed by atoms with Gasteiger partial charge in [-0.05, 0) is 0 Å². The minimum absolute atomic E-state index is 0.0329. The van der Waals surface area contributed by atoms with Crippen molar-refractivity contribution < 1.29 is 44.7 Å². The van der Waals surface area contributed by atoms with Crippen molar-refractivity contribution in [1.82, 2.24) is 0 Å². The molecule has 0 radical (unpaired) electrons. The third kappa shape index (κ3) is 3.56. The highest BCUT2D eigenvalue weighted by molar-refractivity contribution is 5.81. The molecule has 0 fully saturated rings. The van der Waals surface area contributed by atoms with Gasteiger partial charge >= 0.3 is 24.2 Å². The third-order valence-corrected chi connectivity index (χ3v) is 1.41. The molecule has 0 heterocycles. The van der Waals surface area contributed by atoms with E-state index in [2.05, 4.69) is 11.3 Å². The second-order valence-electron chi connectivity index (χ2n) is 2.68. The minimum Gasteiger partial charge on any atom is -0.443 e. The average Bonchev–Trinajstić information content (AvgIpc) is 2.09. The summed E-state index contributed by atoms with van der Waals surface area (Å²) in [5, 5.41) is 0. The van der Waals surface area contributed by atoms with Gasteiger partial charge in [-0.25, -0.2) is 4.79 Å². The first kappa shape index (κ1) is 15.6. The van der Waals surface area contributed by atoms with Gasteiger partial charge in [-0.3, -0.25) is 0 Å². The number of ether oxygens (including phenoxy) is 1. The van der Waals surface area contributed by atoms with Crippen LogP contribution in [0.5, 0.6) is 0 Å². The van der Waals surface area contributed by atoms with Crippen molar-refractivity contribution in [3.63, 3.8) is 0 Å². The van der Waals surface area contributed by atoms with Gasteiger partial charge in [0.25, 0.3) is 6.10 Å². The largest absolute Gasteiger partial charge is 0.457 e. The lowest BCUT2D eigenvalue weighted by atomic mass is 10.1. The second-order valence-corrected chi connectivity index (χ2v) is 2.68. The van der Waals surface area contributed by atoms with E-state index in [0.717, 1.165) is 0 Å². The van der Waals surface area contributed by atoms with E-state index in [0.29, 0.717) is 0 Å². The average molecular weight is 272 g/mol. The van der Waals surface area contributed by atoms with Crippen LogP contribution >= 0.6 is 0 Å². The number of carbonyl (C=O) groups is 1. The first-order valence-corrected chi connectivity index (χ1v) is 3.68. The van der Waals surface area contributed by atoms with Crippen LogP contribution in [0.25, 0.3) is 0 Å². The fourth-order valence-corrected chi connectivity index (χ4v) is 0.659. The van der Waals surface area contributed by atoms with E-state index in [9.17, 15) is 39.9 Å². The summed E-state index contributed by atoms with van der Waals surface area (Å²) in [6.07, 6.45) is -17.2. The molecule has 100 valence electrons. The number of carbonyl (C=O) groups excluding carboxylic acids is 1. The van der Waals surface area contributed by atoms with Crippen LogP contribution in [0.3, 0.4) is 0 Å². The monoisotopic (exact) mass is 272 g/mol. The van der Waals surface area contributed by atoms with E-state index in [1.807, 2.05) is 0 Å². The zero-order valence-corrected chi connectivity index (χ0v) is 7.70. The van der Waals surface area contributed by atoms with Gasteiger partial charge in [-0.2, -0.15) is 35.1 Å². The molecule has 0 aliphatic rings. The third-order valence-electron chi connectivity index (χ3n) is 1.41. The molecule has 0 aliphatic carbocycles. The Morgan fingerprint density at radius 3 is 1.71 bits per heavy atom. The quantitative estimate of drug-likeness (QED) is 0.448. The van der Waals surface area contributed by atoms with Crippen molar-refractivity contribution in [2.45, 2.75) is 24.4 Å². The van der Waals surface area contributed by atoms with Crippen molar-refractivity contribution in [1.29, 1.82) is 0 Å². The molecular weight excluding hydrogens is 268 g/mol. The number of hydrogen-bond donors (Lipinski definition) is 0. The lowest BCUT2D eigenvalue weighted by Gasteiger charge is -2.29. The van der Waals surface area contributed by atoms with Crippen LogP contribution in [0.4, 0.5) is 35.1 Å². The molecule has 0 amide bonds. The number of rotatable bonds is 3. The molecular formula is C7H4F8O2. The molecule has 0 saturated carbocycles. The van der Waals surface area contributed by atoms with E-state index in [-0.39, 0.29) is 6.08 Å². The summed E-state index contributed by atoms with van der Waals surface area (Å²) in [4.78, 5) is 10.3. The number of esters is 1. The van der Waals surface area contributed by atoms with Crippen LogP contribution in [0, 0.1) is 0 Å². The van der Waals surface area contributed by atoms with Crippen LogP contribution < -0.4 is 0 Å². The van der Waals surface area contributed by atoms with Crippen molar-refractivity contribution in [2.75, 3.05) is 0 Å². The molecule has 0 rings (SSSR count). The Morgan fingerprint density at radius 1 is 1.06 bits per heavy atom. The Morgan fingerprint density at radius 2 is 1.47 bits per heavy atom. The first-order valence-electron chi connectivity index (χ1n) is 3.68. The van der Waals surface area contributed by atoms with Crippen LogP contribution in [-0.4, -0.2) is 30.3 Å². The molecule has 0 bridgehead atoms. The van der Waals surface area contributed by atoms with Crippen molar-refractivity contribution >= 4 is 5.97 Å². The number of hydrogen-bond acceptors (Lipinski definition) is 2. The Kier molecular flexibility index (Phi) is 4.14. The fraction of sp³-hybridized carbons (Fsp3) is 0.571. The molecule has 0 N–H and O–H groups in total. The molecule has 2 nitrogen and oxygen atoms in total. The standard InChI is InChI=1S/C7H4F8O2/c1-2-3(16)17-4(6(10,11)12)5(8,9)7(13,14)15/h2,4H,1H2. The SMILES string of the molecule is C=CC(=O)OC(C(F)(F)F)C(F)(F)C(F)(F)F. The fourth-order valence-electron chi connectivity index (χ4n) is 0.659. The molecule has 10 heteroatoms. The molecule has 0 aromatic rings. The van der Waals surface area contributed by atoms with Gasteiger partial charge in [0.05, 0.1) is 0 Å². The highest BCUT2D eigenvalue weighted by Crippen LogP contribution is 2.45. The summed E-state index contributed by atoms with van der Waals surface area (Å²) in [6.45, 7) is 2.57. The summed E-state index contributed by atoms with van der Waals surface area (Å²) < 4.78 is 98.8. The Balaban J connectivity index is 5.34. The zero-order valence-electron chi connectivity index (χ0n) is 7.70. The van der Waals surface area contributed by atoms with Crippen LogP contribution in [-0.2, 0) is 9.53 Å². The Hall–Kier alpha value is -1.35. The Labute approximate surface area is 88.8 Å². The molecule has 17 heavy (non-hydrogen) atoms. The van der Waals surface area contributed by atoms with E-state index in [1.165, 1.54) is 0 Å². The van der Waals surface area contributed by atoms with Gasteiger partial charge in [0.2, 0.25) is 0 Å². The molecule has 0 spiro atoms.